The van der Waals surface area contributed by atoms with Crippen molar-refractivity contribution in [2.75, 3.05) is 25.6 Å². The standard InChI is InChI=1S/C22H25N5O3S/c1-30-11-10-27(14-17-4-2-3-9-25-17)13-15-5-7-16(8-6-15)19-12-18(26-22(24)29)20(31-19)21(23)28/h2-9,12H,10-11,13-14H2,1H3,(H2,23,28)(H3,24,26,29). The first-order chi connectivity index (χ1) is 15.0. The minimum Gasteiger partial charge on any atom is -0.383 e. The molecule has 0 saturated carbocycles. The fraction of sp³-hybridized carbons (Fsp3) is 0.227. The van der Waals surface area contributed by atoms with Crippen molar-refractivity contribution in [3.05, 3.63) is 70.9 Å². The van der Waals surface area contributed by atoms with Crippen LogP contribution in [-0.4, -0.2) is 42.1 Å². The van der Waals surface area contributed by atoms with Crippen molar-refractivity contribution in [2.45, 2.75) is 13.1 Å². The first-order valence-corrected chi connectivity index (χ1v) is 10.5. The van der Waals surface area contributed by atoms with Crippen molar-refractivity contribution >= 4 is 29.0 Å². The molecule has 0 radical (unpaired) electrons. The summed E-state index contributed by atoms with van der Waals surface area (Å²) in [5.41, 5.74) is 14.0. The number of aromatic nitrogens is 1. The summed E-state index contributed by atoms with van der Waals surface area (Å²) in [6.45, 7) is 2.88. The molecular weight excluding hydrogens is 414 g/mol. The number of hydrogen-bond acceptors (Lipinski definition) is 6. The lowest BCUT2D eigenvalue weighted by atomic mass is 10.1. The summed E-state index contributed by atoms with van der Waals surface area (Å²) < 4.78 is 5.25. The second-order valence-corrected chi connectivity index (χ2v) is 7.98. The molecule has 0 saturated heterocycles. The molecule has 3 rings (SSSR count). The SMILES string of the molecule is COCCN(Cc1ccc(-c2cc(NC(N)=O)c(C(N)=O)s2)cc1)Cc1ccccn1. The van der Waals surface area contributed by atoms with Gasteiger partial charge in [0.25, 0.3) is 5.91 Å². The Morgan fingerprint density at radius 3 is 2.52 bits per heavy atom. The number of pyridine rings is 1. The van der Waals surface area contributed by atoms with E-state index in [-0.39, 0.29) is 4.88 Å². The van der Waals surface area contributed by atoms with E-state index in [1.54, 1.807) is 19.4 Å². The largest absolute Gasteiger partial charge is 0.383 e. The smallest absolute Gasteiger partial charge is 0.316 e. The number of nitrogens with two attached hydrogens (primary N) is 2. The van der Waals surface area contributed by atoms with Gasteiger partial charge >= 0.3 is 6.03 Å². The highest BCUT2D eigenvalue weighted by molar-refractivity contribution is 7.18. The number of ether oxygens (including phenoxy) is 1. The fourth-order valence-corrected chi connectivity index (χ4v) is 4.10. The Hall–Kier alpha value is -3.27. The van der Waals surface area contributed by atoms with Gasteiger partial charge in [0.05, 0.1) is 18.0 Å². The molecule has 2 aromatic heterocycles. The molecule has 162 valence electrons. The third-order valence-electron chi connectivity index (χ3n) is 4.58. The summed E-state index contributed by atoms with van der Waals surface area (Å²) in [4.78, 5) is 30.6. The number of urea groups is 1. The summed E-state index contributed by atoms with van der Waals surface area (Å²) in [5, 5.41) is 2.45. The molecule has 5 N–H and O–H groups in total. The lowest BCUT2D eigenvalue weighted by molar-refractivity contribution is 0.100. The van der Waals surface area contributed by atoms with Gasteiger partial charge in [-0.1, -0.05) is 30.3 Å². The van der Waals surface area contributed by atoms with Gasteiger partial charge in [0.15, 0.2) is 0 Å². The van der Waals surface area contributed by atoms with E-state index in [1.165, 1.54) is 11.3 Å². The molecule has 0 unspecified atom stereocenters. The number of carbonyl (C=O) groups excluding carboxylic acids is 2. The Bertz CT molecular complexity index is 1020. The molecule has 0 aliphatic heterocycles. The molecule has 2 heterocycles. The van der Waals surface area contributed by atoms with Crippen LogP contribution in [0.1, 0.15) is 20.9 Å². The Morgan fingerprint density at radius 1 is 1.13 bits per heavy atom. The van der Waals surface area contributed by atoms with Crippen LogP contribution >= 0.6 is 11.3 Å². The zero-order chi connectivity index (χ0) is 22.2. The Balaban J connectivity index is 1.75. The van der Waals surface area contributed by atoms with E-state index in [4.69, 9.17) is 16.2 Å². The van der Waals surface area contributed by atoms with Gasteiger partial charge in [-0.15, -0.1) is 11.3 Å². The van der Waals surface area contributed by atoms with Gasteiger partial charge in [-0.2, -0.15) is 0 Å². The van der Waals surface area contributed by atoms with Crippen molar-refractivity contribution in [1.29, 1.82) is 0 Å². The number of thiophene rings is 1. The highest BCUT2D eigenvalue weighted by Gasteiger charge is 2.16. The minimum atomic E-state index is -0.744. The van der Waals surface area contributed by atoms with E-state index in [9.17, 15) is 9.59 Å². The van der Waals surface area contributed by atoms with Crippen LogP contribution in [0.2, 0.25) is 0 Å². The molecule has 0 bridgehead atoms. The summed E-state index contributed by atoms with van der Waals surface area (Å²) in [6, 6.07) is 14.9. The number of hydrogen-bond donors (Lipinski definition) is 3. The molecule has 3 aromatic rings. The van der Waals surface area contributed by atoms with E-state index in [1.807, 2.05) is 42.5 Å². The maximum atomic E-state index is 11.7. The van der Waals surface area contributed by atoms with E-state index in [0.717, 1.165) is 41.3 Å². The van der Waals surface area contributed by atoms with Gasteiger partial charge in [0.2, 0.25) is 0 Å². The van der Waals surface area contributed by atoms with Crippen LogP contribution in [0.25, 0.3) is 10.4 Å². The van der Waals surface area contributed by atoms with Gasteiger partial charge < -0.3 is 21.5 Å². The van der Waals surface area contributed by atoms with Crippen molar-refractivity contribution in [3.63, 3.8) is 0 Å². The first kappa shape index (κ1) is 22.4. The Kier molecular flexibility index (Phi) is 7.71. The number of methoxy groups -OCH3 is 1. The predicted molar refractivity (Wildman–Crippen MR) is 122 cm³/mol. The van der Waals surface area contributed by atoms with Crippen LogP contribution in [0.3, 0.4) is 0 Å². The molecule has 0 spiro atoms. The first-order valence-electron chi connectivity index (χ1n) is 9.67. The summed E-state index contributed by atoms with van der Waals surface area (Å²) in [7, 11) is 1.69. The third-order valence-corrected chi connectivity index (χ3v) is 5.78. The highest BCUT2D eigenvalue weighted by Crippen LogP contribution is 2.34. The minimum absolute atomic E-state index is 0.263. The van der Waals surface area contributed by atoms with Crippen LogP contribution in [0, 0.1) is 0 Å². The highest BCUT2D eigenvalue weighted by atomic mass is 32.1. The summed E-state index contributed by atoms with van der Waals surface area (Å²) in [6.07, 6.45) is 1.79. The van der Waals surface area contributed by atoms with Crippen LogP contribution in [0.4, 0.5) is 10.5 Å². The molecule has 0 aliphatic carbocycles. The van der Waals surface area contributed by atoms with Crippen LogP contribution < -0.4 is 16.8 Å². The molecular formula is C22H25N5O3S. The molecule has 0 atom stereocenters. The number of primary amides is 2. The normalized spacial score (nSPS) is 10.9. The van der Waals surface area contributed by atoms with Crippen LogP contribution in [-0.2, 0) is 17.8 Å². The molecule has 9 heteroatoms. The van der Waals surface area contributed by atoms with Gasteiger partial charge in [0.1, 0.15) is 4.88 Å². The molecule has 0 aliphatic rings. The van der Waals surface area contributed by atoms with Crippen LogP contribution in [0.15, 0.2) is 54.7 Å². The van der Waals surface area contributed by atoms with Gasteiger partial charge in [-0.25, -0.2) is 4.79 Å². The topological polar surface area (TPSA) is 124 Å². The van der Waals surface area contributed by atoms with Gasteiger partial charge in [0, 0.05) is 37.8 Å². The second-order valence-electron chi connectivity index (χ2n) is 6.93. The quantitative estimate of drug-likeness (QED) is 0.448. The number of rotatable bonds is 10. The average Bonchev–Trinajstić information content (AvgIpc) is 3.16. The zero-order valence-electron chi connectivity index (χ0n) is 17.2. The summed E-state index contributed by atoms with van der Waals surface area (Å²) in [5.74, 6) is -0.611. The monoisotopic (exact) mass is 439 g/mol. The van der Waals surface area contributed by atoms with E-state index >= 15 is 0 Å². The van der Waals surface area contributed by atoms with E-state index < -0.39 is 11.9 Å². The van der Waals surface area contributed by atoms with Crippen molar-refractivity contribution in [2.24, 2.45) is 11.5 Å². The Labute approximate surface area is 184 Å². The number of carbonyl (C=O) groups is 2. The van der Waals surface area contributed by atoms with Gasteiger partial charge in [-0.05, 0) is 29.3 Å². The van der Waals surface area contributed by atoms with Crippen LogP contribution in [0.5, 0.6) is 0 Å². The molecule has 3 amide bonds. The van der Waals surface area contributed by atoms with Crippen molar-refractivity contribution < 1.29 is 14.3 Å². The summed E-state index contributed by atoms with van der Waals surface area (Å²) >= 11 is 1.22. The fourth-order valence-electron chi connectivity index (χ4n) is 3.13. The average molecular weight is 440 g/mol. The second kappa shape index (κ2) is 10.7. The maximum Gasteiger partial charge on any atom is 0.316 e. The Morgan fingerprint density at radius 2 is 1.90 bits per heavy atom. The lowest BCUT2D eigenvalue weighted by Gasteiger charge is -2.21. The number of anilines is 1. The number of nitrogens with one attached hydrogen (secondary N) is 1. The van der Waals surface area contributed by atoms with E-state index in [2.05, 4.69) is 15.2 Å². The zero-order valence-corrected chi connectivity index (χ0v) is 18.0. The van der Waals surface area contributed by atoms with Crippen molar-refractivity contribution in [1.82, 2.24) is 9.88 Å². The molecule has 31 heavy (non-hydrogen) atoms. The molecule has 8 nitrogen and oxygen atoms in total. The molecule has 0 fully saturated rings. The van der Waals surface area contributed by atoms with E-state index in [0.29, 0.717) is 12.3 Å². The predicted octanol–water partition coefficient (Wildman–Crippen LogP) is 3.05. The number of benzene rings is 1. The van der Waals surface area contributed by atoms with Gasteiger partial charge in [-0.3, -0.25) is 14.7 Å². The molecule has 1 aromatic carbocycles. The maximum absolute atomic E-state index is 11.7. The number of nitrogens with zero attached hydrogens (tertiary/aromatic N) is 2. The lowest BCUT2D eigenvalue weighted by Crippen LogP contribution is -2.27. The number of amides is 3. The van der Waals surface area contributed by atoms with Crippen molar-refractivity contribution in [3.8, 4) is 10.4 Å². The third kappa shape index (κ3) is 6.35.